The molecule has 0 radical (unpaired) electrons. The minimum atomic E-state index is -0.837. The Kier molecular flexibility index (Phi) is 38.3. The predicted octanol–water partition coefficient (Wildman–Crippen LogP) is 13.0. The zero-order valence-corrected chi connectivity index (χ0v) is 33.9. The first-order valence-corrected chi connectivity index (χ1v) is 20.6. The fraction of sp³-hybridized carbons (Fsp3) is 0.521. The van der Waals surface area contributed by atoms with Crippen LogP contribution < -0.4 is 0 Å². The van der Waals surface area contributed by atoms with Gasteiger partial charge < -0.3 is 14.2 Å². The summed E-state index contributed by atoms with van der Waals surface area (Å²) in [5, 5.41) is 0. The second-order valence-electron chi connectivity index (χ2n) is 12.9. The molecule has 6 nitrogen and oxygen atoms in total. The third kappa shape index (κ3) is 39.0. The van der Waals surface area contributed by atoms with E-state index in [0.29, 0.717) is 19.3 Å². The van der Waals surface area contributed by atoms with E-state index in [2.05, 4.69) is 87.6 Å². The molecule has 54 heavy (non-hydrogen) atoms. The number of carbonyl (C=O) groups excluding carboxylic acids is 3. The summed E-state index contributed by atoms with van der Waals surface area (Å²) < 4.78 is 16.5. The van der Waals surface area contributed by atoms with Gasteiger partial charge in [-0.1, -0.05) is 155 Å². The Morgan fingerprint density at radius 3 is 1.31 bits per heavy atom. The monoisotopic (exact) mass is 745 g/mol. The van der Waals surface area contributed by atoms with Crippen LogP contribution in [0, 0.1) is 0 Å². The van der Waals surface area contributed by atoms with Gasteiger partial charge in [-0.3, -0.25) is 14.4 Å². The highest BCUT2D eigenvalue weighted by molar-refractivity contribution is 5.71. The highest BCUT2D eigenvalue weighted by Crippen LogP contribution is 2.10. The minimum absolute atomic E-state index is 0.133. The fourth-order valence-corrected chi connectivity index (χ4v) is 4.81. The summed E-state index contributed by atoms with van der Waals surface area (Å²) in [7, 11) is 0. The van der Waals surface area contributed by atoms with Gasteiger partial charge in [0.25, 0.3) is 0 Å². The maximum absolute atomic E-state index is 12.6. The minimum Gasteiger partial charge on any atom is -0.462 e. The maximum Gasteiger partial charge on any atom is 0.306 e. The third-order valence-electron chi connectivity index (χ3n) is 7.82. The average Bonchev–Trinajstić information content (AvgIpc) is 3.17. The van der Waals surface area contributed by atoms with Crippen molar-refractivity contribution in [1.29, 1.82) is 0 Å². The normalized spacial score (nSPS) is 13.3. The molecule has 0 aliphatic carbocycles. The molecule has 0 aliphatic rings. The highest BCUT2D eigenvalue weighted by Gasteiger charge is 2.19. The van der Waals surface area contributed by atoms with E-state index in [0.717, 1.165) is 89.9 Å². The Balaban J connectivity index is 4.60. The van der Waals surface area contributed by atoms with Gasteiger partial charge in [-0.2, -0.15) is 0 Å². The number of allylic oxidation sites excluding steroid dienone is 20. The van der Waals surface area contributed by atoms with E-state index in [1.807, 2.05) is 54.7 Å². The van der Waals surface area contributed by atoms with Gasteiger partial charge in [0.05, 0.1) is 0 Å². The molecule has 1 atom stereocenters. The summed E-state index contributed by atoms with van der Waals surface area (Å²) in [6.07, 6.45) is 56.3. The smallest absolute Gasteiger partial charge is 0.306 e. The molecule has 0 N–H and O–H groups in total. The molecular weight excluding hydrogens is 673 g/mol. The van der Waals surface area contributed by atoms with Gasteiger partial charge in [0.15, 0.2) is 6.10 Å². The van der Waals surface area contributed by atoms with Crippen molar-refractivity contribution in [2.24, 2.45) is 0 Å². The van der Waals surface area contributed by atoms with Crippen LogP contribution in [-0.2, 0) is 28.6 Å². The van der Waals surface area contributed by atoms with Gasteiger partial charge in [-0.15, -0.1) is 0 Å². The van der Waals surface area contributed by atoms with Crippen molar-refractivity contribution >= 4 is 17.9 Å². The van der Waals surface area contributed by atoms with E-state index in [9.17, 15) is 14.4 Å². The number of esters is 3. The van der Waals surface area contributed by atoms with Gasteiger partial charge >= 0.3 is 17.9 Å². The van der Waals surface area contributed by atoms with Crippen molar-refractivity contribution < 1.29 is 28.6 Å². The molecule has 0 rings (SSSR count). The summed E-state index contributed by atoms with van der Waals surface area (Å²) >= 11 is 0. The topological polar surface area (TPSA) is 78.9 Å². The SMILES string of the molecule is CC\C=C/C=C\C=C/C=C\C=C/CCCC(=O)OC(COC(=O)CCCC/C=C\C/C=C\CC)COC(=O)CCCCCC/C=C\C/C=C\C/C=C\CC. The van der Waals surface area contributed by atoms with Crippen LogP contribution in [0.1, 0.15) is 143 Å². The quantitative estimate of drug-likeness (QED) is 0.0215. The summed E-state index contributed by atoms with van der Waals surface area (Å²) in [6, 6.07) is 0. The van der Waals surface area contributed by atoms with Crippen LogP contribution in [0.5, 0.6) is 0 Å². The largest absolute Gasteiger partial charge is 0.462 e. The fourth-order valence-electron chi connectivity index (χ4n) is 4.81. The maximum atomic E-state index is 12.6. The summed E-state index contributed by atoms with van der Waals surface area (Å²) in [5.74, 6) is -1.09. The lowest BCUT2D eigenvalue weighted by Gasteiger charge is -2.18. The zero-order valence-electron chi connectivity index (χ0n) is 33.9. The van der Waals surface area contributed by atoms with Crippen LogP contribution in [0.3, 0.4) is 0 Å². The Morgan fingerprint density at radius 2 is 0.778 bits per heavy atom. The van der Waals surface area contributed by atoms with Crippen LogP contribution >= 0.6 is 0 Å². The number of unbranched alkanes of at least 4 members (excludes halogenated alkanes) is 7. The highest BCUT2D eigenvalue weighted by atomic mass is 16.6. The number of hydrogen-bond donors (Lipinski definition) is 0. The van der Waals surface area contributed by atoms with Crippen molar-refractivity contribution in [3.8, 4) is 0 Å². The molecule has 0 heterocycles. The number of rotatable bonds is 34. The van der Waals surface area contributed by atoms with E-state index < -0.39 is 12.1 Å². The standard InChI is InChI=1S/C48H72O6/c1-4-7-10-13-16-19-21-23-25-26-29-32-35-38-41-47(50)53-44-45(43-52-46(49)40-37-34-31-28-18-15-12-9-6-3)54-48(51)42-39-36-33-30-27-24-22-20-17-14-11-8-5-2/h7-12,14,16-20,22-25,27-28,30,33,45H,4-6,13,15,21,26,29,31-32,34-44H2,1-3H3/b10-7-,11-8-,12-9-,17-14-,19-16-,22-20-,25-23-,27-24-,28-18-,33-30-. The molecule has 6 heteroatoms. The van der Waals surface area contributed by atoms with E-state index in [1.54, 1.807) is 0 Å². The second-order valence-corrected chi connectivity index (χ2v) is 12.9. The van der Waals surface area contributed by atoms with Gasteiger partial charge in [0.2, 0.25) is 0 Å². The molecule has 0 spiro atoms. The number of carbonyl (C=O) groups is 3. The van der Waals surface area contributed by atoms with Crippen molar-refractivity contribution in [3.05, 3.63) is 122 Å². The number of hydrogen-bond acceptors (Lipinski definition) is 6. The Bertz CT molecular complexity index is 1220. The van der Waals surface area contributed by atoms with Crippen molar-refractivity contribution in [1.82, 2.24) is 0 Å². The lowest BCUT2D eigenvalue weighted by Crippen LogP contribution is -2.30. The van der Waals surface area contributed by atoms with Gasteiger partial charge in [0.1, 0.15) is 13.2 Å². The lowest BCUT2D eigenvalue weighted by atomic mass is 10.1. The molecule has 0 aromatic carbocycles. The molecule has 0 saturated carbocycles. The van der Waals surface area contributed by atoms with Crippen LogP contribution in [0.4, 0.5) is 0 Å². The first-order chi connectivity index (χ1) is 26.5. The van der Waals surface area contributed by atoms with Gasteiger partial charge in [0, 0.05) is 19.3 Å². The molecule has 0 bridgehead atoms. The van der Waals surface area contributed by atoms with Crippen molar-refractivity contribution in [2.75, 3.05) is 13.2 Å². The lowest BCUT2D eigenvalue weighted by molar-refractivity contribution is -0.167. The van der Waals surface area contributed by atoms with Crippen LogP contribution in [0.15, 0.2) is 122 Å². The van der Waals surface area contributed by atoms with E-state index in [1.165, 1.54) is 0 Å². The molecule has 0 amide bonds. The Morgan fingerprint density at radius 1 is 0.389 bits per heavy atom. The molecule has 0 fully saturated rings. The predicted molar refractivity (Wildman–Crippen MR) is 228 cm³/mol. The van der Waals surface area contributed by atoms with E-state index >= 15 is 0 Å². The molecule has 0 saturated heterocycles. The summed E-state index contributed by atoms with van der Waals surface area (Å²) in [6.45, 7) is 6.09. The Hall–Kier alpha value is -4.19. The van der Waals surface area contributed by atoms with Crippen molar-refractivity contribution in [3.63, 3.8) is 0 Å². The van der Waals surface area contributed by atoms with Crippen LogP contribution in [-0.4, -0.2) is 37.2 Å². The number of ether oxygens (including phenoxy) is 3. The summed E-state index contributed by atoms with van der Waals surface area (Å²) in [4.78, 5) is 37.5. The first kappa shape index (κ1) is 49.8. The zero-order chi connectivity index (χ0) is 39.4. The second kappa shape index (κ2) is 41.6. The third-order valence-corrected chi connectivity index (χ3v) is 7.82. The molecule has 0 aromatic rings. The van der Waals surface area contributed by atoms with Gasteiger partial charge in [-0.05, 0) is 89.9 Å². The first-order valence-electron chi connectivity index (χ1n) is 20.6. The molecule has 300 valence electrons. The van der Waals surface area contributed by atoms with Crippen molar-refractivity contribution in [2.45, 2.75) is 149 Å². The Labute approximate surface area is 329 Å². The molecular formula is C48H72O6. The molecule has 0 aliphatic heterocycles. The molecule has 1 unspecified atom stereocenters. The molecule has 0 aromatic heterocycles. The van der Waals surface area contributed by atoms with E-state index in [-0.39, 0.29) is 38.0 Å². The summed E-state index contributed by atoms with van der Waals surface area (Å²) in [5.41, 5.74) is 0. The van der Waals surface area contributed by atoms with Gasteiger partial charge in [-0.25, -0.2) is 0 Å². The van der Waals surface area contributed by atoms with Crippen LogP contribution in [0.25, 0.3) is 0 Å². The van der Waals surface area contributed by atoms with E-state index in [4.69, 9.17) is 14.2 Å². The van der Waals surface area contributed by atoms with Crippen LogP contribution in [0.2, 0.25) is 0 Å². The average molecular weight is 745 g/mol.